The molecule has 0 radical (unpaired) electrons. The fourth-order valence-electron chi connectivity index (χ4n) is 3.01. The highest BCUT2D eigenvalue weighted by Gasteiger charge is 2.20. The lowest BCUT2D eigenvalue weighted by Crippen LogP contribution is -2.34. The summed E-state index contributed by atoms with van der Waals surface area (Å²) in [5.74, 6) is -0.321. The number of piperidine rings is 1. The highest BCUT2D eigenvalue weighted by Crippen LogP contribution is 2.27. The average molecular weight is 318 g/mol. The molecule has 0 aromatic heterocycles. The standard InChI is InChI=1S/C18H26N2O3/c1-12(2)9-17(21)19-16-7-6-14(10-15(16)18(22)23)20-8-4-5-13(3)11-20/h6-7,10,12-13H,4-5,8-9,11H2,1-3H3,(H,19,21)(H,22,23). The fourth-order valence-corrected chi connectivity index (χ4v) is 3.01. The Balaban J connectivity index is 2.21. The van der Waals surface area contributed by atoms with Crippen molar-refractivity contribution in [3.8, 4) is 0 Å². The summed E-state index contributed by atoms with van der Waals surface area (Å²) in [5.41, 5.74) is 1.44. The third-order valence-electron chi connectivity index (χ3n) is 4.12. The second kappa shape index (κ2) is 7.49. The molecular formula is C18H26N2O3. The Morgan fingerprint density at radius 2 is 2.13 bits per heavy atom. The van der Waals surface area contributed by atoms with E-state index in [9.17, 15) is 14.7 Å². The van der Waals surface area contributed by atoms with Crippen LogP contribution in [0.4, 0.5) is 11.4 Å². The van der Waals surface area contributed by atoms with E-state index in [0.717, 1.165) is 25.2 Å². The Morgan fingerprint density at radius 1 is 1.39 bits per heavy atom. The van der Waals surface area contributed by atoms with E-state index in [0.29, 0.717) is 18.0 Å². The van der Waals surface area contributed by atoms with Gasteiger partial charge in [0.1, 0.15) is 0 Å². The Labute approximate surface area is 137 Å². The Morgan fingerprint density at radius 3 is 2.74 bits per heavy atom. The molecule has 0 saturated carbocycles. The first-order valence-corrected chi connectivity index (χ1v) is 8.29. The molecule has 0 spiro atoms. The maximum absolute atomic E-state index is 11.9. The summed E-state index contributed by atoms with van der Waals surface area (Å²) in [6.45, 7) is 8.02. The zero-order valence-corrected chi connectivity index (χ0v) is 14.1. The van der Waals surface area contributed by atoms with E-state index in [-0.39, 0.29) is 17.4 Å². The molecule has 1 heterocycles. The molecule has 1 amide bonds. The topological polar surface area (TPSA) is 69.6 Å². The third kappa shape index (κ3) is 4.71. The molecule has 1 aromatic carbocycles. The summed E-state index contributed by atoms with van der Waals surface area (Å²) in [6, 6.07) is 5.27. The van der Waals surface area contributed by atoms with Crippen LogP contribution in [0.5, 0.6) is 0 Å². The molecule has 1 atom stereocenters. The summed E-state index contributed by atoms with van der Waals surface area (Å²) in [5, 5.41) is 12.2. The van der Waals surface area contributed by atoms with Gasteiger partial charge in [0.2, 0.25) is 5.91 Å². The average Bonchev–Trinajstić information content (AvgIpc) is 2.46. The van der Waals surface area contributed by atoms with E-state index in [1.165, 1.54) is 6.42 Å². The normalized spacial score (nSPS) is 18.1. The van der Waals surface area contributed by atoms with Crippen molar-refractivity contribution in [2.75, 3.05) is 23.3 Å². The molecule has 5 nitrogen and oxygen atoms in total. The molecule has 2 N–H and O–H groups in total. The number of nitrogens with one attached hydrogen (secondary N) is 1. The molecule has 1 aliphatic rings. The van der Waals surface area contributed by atoms with E-state index >= 15 is 0 Å². The van der Waals surface area contributed by atoms with Gasteiger partial charge < -0.3 is 15.3 Å². The van der Waals surface area contributed by atoms with Crippen LogP contribution in [0.1, 0.15) is 50.4 Å². The summed E-state index contributed by atoms with van der Waals surface area (Å²) in [4.78, 5) is 25.7. The number of amides is 1. The number of carboxylic acid groups (broad SMARTS) is 1. The molecule has 0 aliphatic carbocycles. The Bertz CT molecular complexity index is 584. The zero-order valence-electron chi connectivity index (χ0n) is 14.1. The number of nitrogens with zero attached hydrogens (tertiary/aromatic N) is 1. The summed E-state index contributed by atoms with van der Waals surface area (Å²) in [6.07, 6.45) is 2.71. The van der Waals surface area contributed by atoms with Crippen molar-refractivity contribution in [1.82, 2.24) is 0 Å². The number of hydrogen-bond acceptors (Lipinski definition) is 3. The molecule has 1 saturated heterocycles. The van der Waals surface area contributed by atoms with Gasteiger partial charge in [-0.15, -0.1) is 0 Å². The van der Waals surface area contributed by atoms with Crippen LogP contribution in [0.25, 0.3) is 0 Å². The van der Waals surface area contributed by atoms with Gasteiger partial charge in [0.15, 0.2) is 0 Å². The lowest BCUT2D eigenvalue weighted by Gasteiger charge is -2.33. The molecule has 1 aromatic rings. The molecule has 1 fully saturated rings. The van der Waals surface area contributed by atoms with Crippen molar-refractivity contribution in [3.05, 3.63) is 23.8 Å². The van der Waals surface area contributed by atoms with Gasteiger partial charge in [-0.2, -0.15) is 0 Å². The zero-order chi connectivity index (χ0) is 17.0. The molecular weight excluding hydrogens is 292 g/mol. The van der Waals surface area contributed by atoms with Crippen LogP contribution in [0.15, 0.2) is 18.2 Å². The van der Waals surface area contributed by atoms with Crippen LogP contribution in [0.3, 0.4) is 0 Å². The maximum Gasteiger partial charge on any atom is 0.337 e. The van der Waals surface area contributed by atoms with Crippen molar-refractivity contribution >= 4 is 23.3 Å². The van der Waals surface area contributed by atoms with Crippen molar-refractivity contribution in [3.63, 3.8) is 0 Å². The predicted molar refractivity (Wildman–Crippen MR) is 92.1 cm³/mol. The minimum atomic E-state index is -1.02. The maximum atomic E-state index is 11.9. The number of carboxylic acids is 1. The van der Waals surface area contributed by atoms with Crippen LogP contribution in [-0.4, -0.2) is 30.1 Å². The van der Waals surface area contributed by atoms with Gasteiger partial charge in [-0.25, -0.2) is 4.79 Å². The van der Waals surface area contributed by atoms with Crippen molar-refractivity contribution in [1.29, 1.82) is 0 Å². The Hall–Kier alpha value is -2.04. The minimum absolute atomic E-state index is 0.151. The van der Waals surface area contributed by atoms with Gasteiger partial charge in [-0.05, 0) is 42.9 Å². The molecule has 126 valence electrons. The SMILES string of the molecule is CC(C)CC(=O)Nc1ccc(N2CCCC(C)C2)cc1C(=O)O. The second-order valence-corrected chi connectivity index (χ2v) is 6.87. The Kier molecular flexibility index (Phi) is 5.64. The van der Waals surface area contributed by atoms with Crippen molar-refractivity contribution in [2.24, 2.45) is 11.8 Å². The lowest BCUT2D eigenvalue weighted by atomic mass is 9.99. The van der Waals surface area contributed by atoms with E-state index in [2.05, 4.69) is 17.1 Å². The first kappa shape index (κ1) is 17.3. The van der Waals surface area contributed by atoms with Crippen LogP contribution >= 0.6 is 0 Å². The highest BCUT2D eigenvalue weighted by atomic mass is 16.4. The van der Waals surface area contributed by atoms with Gasteiger partial charge in [0.25, 0.3) is 0 Å². The van der Waals surface area contributed by atoms with Crippen LogP contribution in [0.2, 0.25) is 0 Å². The van der Waals surface area contributed by atoms with Crippen LogP contribution < -0.4 is 10.2 Å². The number of rotatable bonds is 5. The monoisotopic (exact) mass is 318 g/mol. The van der Waals surface area contributed by atoms with Crippen LogP contribution in [0, 0.1) is 11.8 Å². The molecule has 2 rings (SSSR count). The fraction of sp³-hybridized carbons (Fsp3) is 0.556. The number of hydrogen-bond donors (Lipinski definition) is 2. The highest BCUT2D eigenvalue weighted by molar-refractivity contribution is 6.01. The molecule has 5 heteroatoms. The van der Waals surface area contributed by atoms with E-state index in [1.807, 2.05) is 19.9 Å². The first-order chi connectivity index (χ1) is 10.9. The van der Waals surface area contributed by atoms with Gasteiger partial charge in [-0.1, -0.05) is 20.8 Å². The van der Waals surface area contributed by atoms with E-state index < -0.39 is 5.97 Å². The van der Waals surface area contributed by atoms with Crippen molar-refractivity contribution < 1.29 is 14.7 Å². The van der Waals surface area contributed by atoms with Crippen molar-refractivity contribution in [2.45, 2.75) is 40.0 Å². The summed E-state index contributed by atoms with van der Waals surface area (Å²) >= 11 is 0. The molecule has 1 aliphatic heterocycles. The van der Waals surface area contributed by atoms with E-state index in [1.54, 1.807) is 12.1 Å². The minimum Gasteiger partial charge on any atom is -0.478 e. The molecule has 1 unspecified atom stereocenters. The van der Waals surface area contributed by atoms with Gasteiger partial charge >= 0.3 is 5.97 Å². The van der Waals surface area contributed by atoms with Gasteiger partial charge in [0.05, 0.1) is 11.3 Å². The number of anilines is 2. The summed E-state index contributed by atoms with van der Waals surface area (Å²) < 4.78 is 0. The van der Waals surface area contributed by atoms with E-state index in [4.69, 9.17) is 0 Å². The quantitative estimate of drug-likeness (QED) is 0.870. The lowest BCUT2D eigenvalue weighted by molar-refractivity contribution is -0.116. The predicted octanol–water partition coefficient (Wildman–Crippen LogP) is 3.61. The van der Waals surface area contributed by atoms with Gasteiger partial charge in [0, 0.05) is 25.2 Å². The number of aromatic carboxylic acids is 1. The largest absolute Gasteiger partial charge is 0.478 e. The number of benzene rings is 1. The second-order valence-electron chi connectivity index (χ2n) is 6.87. The molecule has 0 bridgehead atoms. The summed E-state index contributed by atoms with van der Waals surface area (Å²) in [7, 11) is 0. The number of carbonyl (C=O) groups excluding carboxylic acids is 1. The molecule has 23 heavy (non-hydrogen) atoms. The number of carbonyl (C=O) groups is 2. The smallest absolute Gasteiger partial charge is 0.337 e. The van der Waals surface area contributed by atoms with Gasteiger partial charge in [-0.3, -0.25) is 4.79 Å². The van der Waals surface area contributed by atoms with Crippen LogP contribution in [-0.2, 0) is 4.79 Å². The first-order valence-electron chi connectivity index (χ1n) is 8.29. The third-order valence-corrected chi connectivity index (χ3v) is 4.12.